The van der Waals surface area contributed by atoms with Gasteiger partial charge in [-0.3, -0.25) is 24.1 Å². The molecule has 4 aliphatic rings. The Bertz CT molecular complexity index is 2530. The maximum Gasteiger partial charge on any atom is 0.408 e. The third-order valence-electron chi connectivity index (χ3n) is 13.6. The Morgan fingerprint density at radius 3 is 2.37 bits per heavy atom. The van der Waals surface area contributed by atoms with Crippen LogP contribution in [0.15, 0.2) is 54.7 Å². The molecule has 2 aliphatic carbocycles. The molecule has 1 saturated heterocycles. The highest BCUT2D eigenvalue weighted by Gasteiger charge is 2.63. The van der Waals surface area contributed by atoms with Crippen molar-refractivity contribution in [1.29, 1.82) is 0 Å². The number of aromatic nitrogens is 2. The molecule has 0 bridgehead atoms. The number of rotatable bonds is 12. The molecule has 364 valence electrons. The molecule has 16 nitrogen and oxygen atoms in total. The lowest BCUT2D eigenvalue weighted by molar-refractivity contribution is -0.152. The molecule has 2 aliphatic heterocycles. The number of sulfonamides is 1. The first kappa shape index (κ1) is 49.3. The van der Waals surface area contributed by atoms with Crippen molar-refractivity contribution >= 4 is 44.6 Å². The van der Waals surface area contributed by atoms with E-state index in [1.807, 2.05) is 39.0 Å². The summed E-state index contributed by atoms with van der Waals surface area (Å²) in [6, 6.07) is 8.01. The van der Waals surface area contributed by atoms with Crippen molar-refractivity contribution in [2.45, 2.75) is 146 Å². The van der Waals surface area contributed by atoms with Crippen LogP contribution in [0.3, 0.4) is 0 Å². The Hall–Kier alpha value is -5.59. The van der Waals surface area contributed by atoms with Crippen molar-refractivity contribution in [3.63, 3.8) is 0 Å². The van der Waals surface area contributed by atoms with Gasteiger partial charge in [-0.25, -0.2) is 27.0 Å². The Morgan fingerprint density at radius 2 is 1.73 bits per heavy atom. The molecular weight excluding hydrogens is 891 g/mol. The predicted octanol–water partition coefficient (Wildman–Crippen LogP) is 6.86. The van der Waals surface area contributed by atoms with Crippen LogP contribution in [-0.4, -0.2) is 107 Å². The van der Waals surface area contributed by atoms with Gasteiger partial charge in [0.05, 0.1) is 42.1 Å². The van der Waals surface area contributed by atoms with E-state index in [-0.39, 0.29) is 37.3 Å². The Balaban J connectivity index is 1.26. The Morgan fingerprint density at radius 1 is 1.01 bits per heavy atom. The lowest BCUT2D eigenvalue weighted by Gasteiger charge is -2.35. The minimum atomic E-state index is -4.09. The zero-order valence-electron chi connectivity index (χ0n) is 39.5. The number of ether oxygens (including phenoxy) is 4. The number of nitrogens with one attached hydrogen (secondary N) is 3. The highest BCUT2D eigenvalue weighted by molar-refractivity contribution is 7.91. The lowest BCUT2D eigenvalue weighted by atomic mass is 9.88. The second-order valence-corrected chi connectivity index (χ2v) is 22.0. The van der Waals surface area contributed by atoms with Crippen LogP contribution in [0, 0.1) is 17.8 Å². The number of nitrogens with zero attached hydrogens (tertiary/aromatic N) is 3. The first-order valence-corrected chi connectivity index (χ1v) is 24.4. The second-order valence-electron chi connectivity index (χ2n) is 19.8. The third kappa shape index (κ3) is 10.6. The molecule has 67 heavy (non-hydrogen) atoms. The molecule has 0 radical (unpaired) electrons. The summed E-state index contributed by atoms with van der Waals surface area (Å²) in [5.74, 6) is -5.63. The van der Waals surface area contributed by atoms with E-state index in [1.165, 1.54) is 4.90 Å². The summed E-state index contributed by atoms with van der Waals surface area (Å²) in [6.45, 7) is 11.7. The van der Waals surface area contributed by atoms with Crippen LogP contribution in [0.25, 0.3) is 22.2 Å². The second kappa shape index (κ2) is 18.5. The number of fused-ring (bicyclic) bond motifs is 3. The molecule has 4 heterocycles. The fourth-order valence-corrected chi connectivity index (χ4v) is 9.97. The Labute approximate surface area is 390 Å². The number of methoxy groups -OCH3 is 1. The highest BCUT2D eigenvalue weighted by atomic mass is 32.2. The SMILES string of the molecule is COc1ccc2c(O[C@@H]3C[C@H]4C(=O)N[C@]5(C(=O)NS(=O)(=O)C6(C)CC6)C[C@H]5/C=C\CC[C@@H](C)C[C@@H](C)[C@H](NC(=O)OC(C)(C)C(C)(F)F)C(=O)N4C3)nc(-c3ccc(OC(C)C)cn3)cc2c1. The number of alkyl carbamates (subject to hydrolysis) is 1. The number of alkyl halides is 2. The van der Waals surface area contributed by atoms with Gasteiger partial charge in [0.25, 0.3) is 11.8 Å². The number of hydrogen-bond donors (Lipinski definition) is 3. The highest BCUT2D eigenvalue weighted by Crippen LogP contribution is 2.48. The standard InChI is InChI=1S/C48H62F2N6O10S/c1-27(2)64-33-15-17-36(51-25-33)37-22-30-21-32(63-9)14-16-35(30)41(52-37)65-34-23-38-40(57)54-48(43(59)55-67(61,62)46(7)18-19-46)24-31(48)13-11-10-12-28(3)20-29(4)39(42(58)56(38)26-34)53-44(60)66-45(5,6)47(8,49)50/h11,13-17,21-22,25,27-29,31,34,38-39H,10,12,18-20,23-24,26H2,1-9H3,(H,53,60)(H,54,57)(H,55,59)/b13-11-/t28-,29-,31-,34-,38+,39+,48-/m1/s1. The molecule has 4 amide bonds. The van der Waals surface area contributed by atoms with Gasteiger partial charge in [-0.05, 0) is 127 Å². The van der Waals surface area contributed by atoms with E-state index in [2.05, 4.69) is 20.3 Å². The van der Waals surface area contributed by atoms with Crippen LogP contribution in [0.5, 0.6) is 17.4 Å². The summed E-state index contributed by atoms with van der Waals surface area (Å²) in [6.07, 6.45) is 5.45. The molecule has 7 atom stereocenters. The predicted molar refractivity (Wildman–Crippen MR) is 245 cm³/mol. The van der Waals surface area contributed by atoms with E-state index in [1.54, 1.807) is 57.5 Å². The summed E-state index contributed by atoms with van der Waals surface area (Å²) in [5, 5.41) is 6.70. The fourth-order valence-electron chi connectivity index (χ4n) is 8.66. The number of halogens is 2. The number of carbonyl (C=O) groups is 4. The lowest BCUT2D eigenvalue weighted by Crippen LogP contribution is -2.59. The average Bonchev–Trinajstić information content (AvgIpc) is 4.13. The van der Waals surface area contributed by atoms with Crippen LogP contribution < -0.4 is 29.6 Å². The molecule has 3 aromatic rings. The molecule has 0 spiro atoms. The molecule has 2 saturated carbocycles. The number of pyridine rings is 2. The summed E-state index contributed by atoms with van der Waals surface area (Å²) in [5.41, 5.74) is -2.95. The van der Waals surface area contributed by atoms with E-state index >= 15 is 4.79 Å². The zero-order valence-corrected chi connectivity index (χ0v) is 40.3. The van der Waals surface area contributed by atoms with Gasteiger partial charge in [0, 0.05) is 24.6 Å². The molecule has 3 fully saturated rings. The van der Waals surface area contributed by atoms with Crippen LogP contribution in [0.4, 0.5) is 13.6 Å². The Kier molecular flexibility index (Phi) is 13.6. The minimum Gasteiger partial charge on any atom is -0.497 e. The summed E-state index contributed by atoms with van der Waals surface area (Å²) in [4.78, 5) is 68.2. The number of amides is 4. The fraction of sp³-hybridized carbons (Fsp3) is 0.583. The van der Waals surface area contributed by atoms with E-state index in [0.29, 0.717) is 72.7 Å². The average molecular weight is 953 g/mol. The maximum atomic E-state index is 15.1. The largest absolute Gasteiger partial charge is 0.497 e. The van der Waals surface area contributed by atoms with E-state index < -0.39 is 85.7 Å². The molecule has 19 heteroatoms. The number of benzene rings is 1. The summed E-state index contributed by atoms with van der Waals surface area (Å²) in [7, 11) is -2.55. The number of carbonyl (C=O) groups excluding carboxylic acids is 4. The van der Waals surface area contributed by atoms with E-state index in [0.717, 1.165) is 13.8 Å². The summed E-state index contributed by atoms with van der Waals surface area (Å²) >= 11 is 0. The number of hydrogen-bond acceptors (Lipinski definition) is 12. The molecule has 3 N–H and O–H groups in total. The maximum absolute atomic E-state index is 15.1. The molecule has 2 aromatic heterocycles. The van der Waals surface area contributed by atoms with Crippen LogP contribution in [-0.2, 0) is 29.1 Å². The van der Waals surface area contributed by atoms with Crippen molar-refractivity contribution in [2.24, 2.45) is 17.8 Å². The van der Waals surface area contributed by atoms with Crippen molar-refractivity contribution in [3.8, 4) is 28.8 Å². The van der Waals surface area contributed by atoms with Gasteiger partial charge < -0.3 is 34.5 Å². The quantitative estimate of drug-likeness (QED) is 0.160. The van der Waals surface area contributed by atoms with Crippen LogP contribution in [0.1, 0.15) is 100 Å². The van der Waals surface area contributed by atoms with Gasteiger partial charge in [0.15, 0.2) is 5.60 Å². The van der Waals surface area contributed by atoms with E-state index in [9.17, 15) is 31.6 Å². The first-order valence-electron chi connectivity index (χ1n) is 22.9. The number of allylic oxidation sites excluding steroid dienone is 1. The van der Waals surface area contributed by atoms with Crippen molar-refractivity contribution in [1.82, 2.24) is 30.2 Å². The third-order valence-corrected chi connectivity index (χ3v) is 15.7. The van der Waals surface area contributed by atoms with Crippen molar-refractivity contribution < 1.29 is 55.3 Å². The van der Waals surface area contributed by atoms with Crippen molar-refractivity contribution in [2.75, 3.05) is 13.7 Å². The van der Waals surface area contributed by atoms with Gasteiger partial charge in [0.2, 0.25) is 27.7 Å². The molecule has 1 aromatic carbocycles. The van der Waals surface area contributed by atoms with Gasteiger partial charge in [-0.1, -0.05) is 26.0 Å². The molecular formula is C48H62F2N6O10S. The van der Waals surface area contributed by atoms with Crippen molar-refractivity contribution in [3.05, 3.63) is 54.7 Å². The topological polar surface area (TPSA) is 204 Å². The van der Waals surface area contributed by atoms with Gasteiger partial charge in [-0.2, -0.15) is 0 Å². The normalized spacial score (nSPS) is 27.1. The minimum absolute atomic E-state index is 0.00473. The summed E-state index contributed by atoms with van der Waals surface area (Å²) < 4.78 is 80.1. The molecule has 0 unspecified atom stereocenters. The smallest absolute Gasteiger partial charge is 0.408 e. The van der Waals surface area contributed by atoms with Gasteiger partial charge in [-0.15, -0.1) is 0 Å². The monoisotopic (exact) mass is 952 g/mol. The zero-order chi connectivity index (χ0) is 48.9. The van der Waals surface area contributed by atoms with Gasteiger partial charge in [0.1, 0.15) is 35.2 Å². The molecule has 7 rings (SSSR count). The van der Waals surface area contributed by atoms with Crippen LogP contribution >= 0.6 is 0 Å². The van der Waals surface area contributed by atoms with Crippen LogP contribution in [0.2, 0.25) is 0 Å². The van der Waals surface area contributed by atoms with Gasteiger partial charge >= 0.3 is 6.09 Å². The van der Waals surface area contributed by atoms with E-state index in [4.69, 9.17) is 23.9 Å². The first-order chi connectivity index (χ1) is 31.3.